The Bertz CT molecular complexity index is 1580. The second-order valence-electron chi connectivity index (χ2n) is 7.80. The zero-order valence-electron chi connectivity index (χ0n) is 25.3. The molecule has 0 saturated heterocycles. The molecule has 4 aromatic rings. The van der Waals surface area contributed by atoms with Crippen molar-refractivity contribution in [1.82, 2.24) is 0 Å². The summed E-state index contributed by atoms with van der Waals surface area (Å²) in [6.07, 6.45) is 0. The van der Waals surface area contributed by atoms with Crippen molar-refractivity contribution in [3.05, 3.63) is 112 Å². The number of para-hydroxylation sites is 1. The van der Waals surface area contributed by atoms with E-state index in [1.807, 2.05) is 0 Å². The molecule has 11 nitrogen and oxygen atoms in total. The minimum absolute atomic E-state index is 0. The van der Waals surface area contributed by atoms with Gasteiger partial charge in [0, 0.05) is 29.1 Å². The number of nitrogens with one attached hydrogen (secondary N) is 1. The molecular formula is C27H26Br2F2N5Na3O6S. The first-order chi connectivity index (χ1) is 19.7. The largest absolute Gasteiger partial charge is 1.00 e. The Balaban J connectivity index is -0.000000271. The second-order valence-corrected chi connectivity index (χ2v) is 10.9. The molecule has 19 heteroatoms. The van der Waals surface area contributed by atoms with Gasteiger partial charge in [0.25, 0.3) is 0 Å². The van der Waals surface area contributed by atoms with Gasteiger partial charge in [-0.1, -0.05) is 18.2 Å². The number of hydrogen-bond donors (Lipinski definition) is 3. The number of nitrogens with two attached hydrogens (primary N) is 2. The Labute approximate surface area is 349 Å². The average molecular weight is 815 g/mol. The van der Waals surface area contributed by atoms with Gasteiger partial charge in [-0.25, -0.2) is 17.2 Å². The maximum Gasteiger partial charge on any atom is 1.00 e. The summed E-state index contributed by atoms with van der Waals surface area (Å²) in [6, 6.07) is 24.7. The zero-order valence-corrected chi connectivity index (χ0v) is 35.3. The van der Waals surface area contributed by atoms with Crippen molar-refractivity contribution in [3.8, 4) is 0 Å². The number of anilines is 3. The summed E-state index contributed by atoms with van der Waals surface area (Å²) in [6.45, 7) is 0.972. The Morgan fingerprint density at radius 2 is 1.20 bits per heavy atom. The van der Waals surface area contributed by atoms with Crippen LogP contribution in [0.1, 0.15) is 6.92 Å². The standard InChI is InChI=1S/C12H9BrFN3.C7H9NO3S.C6H5BrFN.C2H4O2.3Na.H2O/c13-11-6-5-10(7-12(11)14)17-16-9-3-1-8(15)2-4-9;9-12(10,11)6-8-7-4-2-1-3-5-7;7-5-2-1-4(9)3-6(5)8;1-2(3)4;;;;/h1-7H,15H2;1-5,8H,6H2,(H,9,10,11);1-3H,9H2;1H3,(H,3,4);;;;1H2/q;;;;3*+1;/p-3. The molecule has 0 atom stereocenters. The molecule has 0 heterocycles. The number of nitrogens with zero attached hydrogens (tertiary/aromatic N) is 2. The molecule has 0 fully saturated rings. The molecule has 0 bridgehead atoms. The number of rotatable bonds is 5. The number of benzene rings is 4. The summed E-state index contributed by atoms with van der Waals surface area (Å²) in [4.78, 5) is 8.89. The first-order valence-electron chi connectivity index (χ1n) is 11.5. The normalized spacial score (nSPS) is 9.35. The fourth-order valence-corrected chi connectivity index (χ4v) is 3.28. The zero-order chi connectivity index (χ0) is 31.7. The molecule has 46 heavy (non-hydrogen) atoms. The molecule has 0 spiro atoms. The van der Waals surface area contributed by atoms with E-state index in [4.69, 9.17) is 21.4 Å². The van der Waals surface area contributed by atoms with Crippen LogP contribution in [0.5, 0.6) is 0 Å². The Morgan fingerprint density at radius 3 is 1.63 bits per heavy atom. The Kier molecular flexibility index (Phi) is 31.5. The molecule has 0 aliphatic carbocycles. The number of halogens is 4. The molecule has 0 aromatic heterocycles. The number of azo groups is 1. The van der Waals surface area contributed by atoms with Crippen molar-refractivity contribution < 1.29 is 126 Å². The molecule has 0 unspecified atom stereocenters. The van der Waals surface area contributed by atoms with Crippen LogP contribution < -0.4 is 111 Å². The minimum Gasteiger partial charge on any atom is -0.870 e. The quantitative estimate of drug-likeness (QED) is 0.0807. The smallest absolute Gasteiger partial charge is 0.870 e. The van der Waals surface area contributed by atoms with Gasteiger partial charge in [0.15, 0.2) is 0 Å². The monoisotopic (exact) mass is 813 g/mol. The number of hydrogen-bond acceptors (Lipinski definition) is 11. The maximum absolute atomic E-state index is 13.2. The van der Waals surface area contributed by atoms with Crippen LogP contribution in [0.15, 0.2) is 110 Å². The van der Waals surface area contributed by atoms with Crippen LogP contribution in [0, 0.1) is 11.6 Å². The molecule has 0 amide bonds. The third-order valence-corrected chi connectivity index (χ3v) is 6.03. The molecule has 0 aliphatic heterocycles. The molecule has 0 radical (unpaired) electrons. The van der Waals surface area contributed by atoms with Crippen LogP contribution in [-0.4, -0.2) is 30.3 Å². The Hall–Kier alpha value is -0.960. The van der Waals surface area contributed by atoms with Gasteiger partial charge in [0.1, 0.15) is 27.6 Å². The summed E-state index contributed by atoms with van der Waals surface area (Å²) in [7, 11) is -4.18. The molecule has 4 aromatic carbocycles. The molecule has 4 rings (SSSR count). The fraction of sp³-hybridized carbons (Fsp3) is 0.0741. The van der Waals surface area contributed by atoms with Gasteiger partial charge >= 0.3 is 88.7 Å². The summed E-state index contributed by atoms with van der Waals surface area (Å²) < 4.78 is 57.1. The number of aliphatic carboxylic acids is 1. The molecule has 0 aliphatic rings. The van der Waals surface area contributed by atoms with Crippen molar-refractivity contribution >= 4 is 76.4 Å². The predicted molar refractivity (Wildman–Crippen MR) is 165 cm³/mol. The van der Waals surface area contributed by atoms with E-state index in [-0.39, 0.29) is 106 Å². The molecular weight excluding hydrogens is 789 g/mol. The SMILES string of the molecule is CC(=O)[O-].Nc1ccc(Br)c(F)c1.Nc1ccc(N=Nc2ccc(Br)c(F)c2)cc1.O=S(=O)([O-])CNc1ccccc1.[Na+].[Na+].[Na+].[OH-]. The number of carbonyl (C=O) groups excluding carboxylic acids is 1. The van der Waals surface area contributed by atoms with Crippen molar-refractivity contribution in [1.29, 1.82) is 0 Å². The van der Waals surface area contributed by atoms with E-state index < -0.39 is 22.0 Å². The first kappa shape index (κ1) is 51.9. The van der Waals surface area contributed by atoms with Crippen LogP contribution in [0.4, 0.5) is 37.2 Å². The summed E-state index contributed by atoms with van der Waals surface area (Å²) in [5.41, 5.74) is 13.7. The van der Waals surface area contributed by atoms with Crippen LogP contribution >= 0.6 is 31.9 Å². The predicted octanol–water partition coefficient (Wildman–Crippen LogP) is -3.05. The van der Waals surface area contributed by atoms with Crippen LogP contribution in [-0.2, 0) is 14.9 Å². The second kappa shape index (κ2) is 27.9. The first-order valence-corrected chi connectivity index (χ1v) is 14.7. The van der Waals surface area contributed by atoms with E-state index in [0.29, 0.717) is 37.4 Å². The number of carbonyl (C=O) groups is 1. The van der Waals surface area contributed by atoms with E-state index in [0.717, 1.165) is 6.92 Å². The van der Waals surface area contributed by atoms with Crippen molar-refractivity contribution in [3.63, 3.8) is 0 Å². The maximum atomic E-state index is 13.2. The van der Waals surface area contributed by atoms with Gasteiger partial charge in [-0.3, -0.25) is 0 Å². The number of carboxylic acid groups (broad SMARTS) is 1. The summed E-state index contributed by atoms with van der Waals surface area (Å²) >= 11 is 6.07. The third kappa shape index (κ3) is 26.0. The van der Waals surface area contributed by atoms with Crippen LogP contribution in [0.25, 0.3) is 0 Å². The van der Waals surface area contributed by atoms with E-state index in [1.165, 1.54) is 12.1 Å². The fourth-order valence-electron chi connectivity index (χ4n) is 2.44. The molecule has 6 N–H and O–H groups in total. The Morgan fingerprint density at radius 1 is 0.783 bits per heavy atom. The van der Waals surface area contributed by atoms with Gasteiger partial charge in [0.2, 0.25) is 0 Å². The van der Waals surface area contributed by atoms with E-state index in [2.05, 4.69) is 47.4 Å². The van der Waals surface area contributed by atoms with Gasteiger partial charge in [-0.15, -0.1) is 0 Å². The third-order valence-electron chi connectivity index (χ3n) is 4.25. The van der Waals surface area contributed by atoms with Gasteiger partial charge in [-0.05, 0) is 106 Å². The van der Waals surface area contributed by atoms with Crippen molar-refractivity contribution in [2.24, 2.45) is 10.2 Å². The molecule has 0 saturated carbocycles. The van der Waals surface area contributed by atoms with Gasteiger partial charge in [-0.2, -0.15) is 10.2 Å². The summed E-state index contributed by atoms with van der Waals surface area (Å²) in [5.74, 6) is -2.34. The van der Waals surface area contributed by atoms with Gasteiger partial charge < -0.3 is 36.7 Å². The van der Waals surface area contributed by atoms with Gasteiger partial charge in [0.05, 0.1) is 20.3 Å². The van der Waals surface area contributed by atoms with E-state index in [1.54, 1.807) is 78.9 Å². The number of carboxylic acids is 1. The summed E-state index contributed by atoms with van der Waals surface area (Å²) in [5, 5.41) is 19.3. The van der Waals surface area contributed by atoms with E-state index >= 15 is 0 Å². The molecule has 232 valence electrons. The van der Waals surface area contributed by atoms with Crippen molar-refractivity contribution in [2.75, 3.05) is 22.7 Å². The number of nitrogen functional groups attached to an aromatic ring is 2. The minimum atomic E-state index is -4.18. The van der Waals surface area contributed by atoms with Crippen LogP contribution in [0.2, 0.25) is 0 Å². The van der Waals surface area contributed by atoms with Crippen LogP contribution in [0.3, 0.4) is 0 Å². The van der Waals surface area contributed by atoms with E-state index in [9.17, 15) is 21.8 Å². The topological polar surface area (TPSA) is 216 Å². The average Bonchev–Trinajstić information content (AvgIpc) is 2.92. The van der Waals surface area contributed by atoms with Crippen molar-refractivity contribution in [2.45, 2.75) is 6.92 Å².